The number of carboxylic acid groups (broad SMARTS) is 1. The van der Waals surface area contributed by atoms with Gasteiger partial charge in [0, 0.05) is 45.9 Å². The van der Waals surface area contributed by atoms with E-state index in [1.165, 1.54) is 31.0 Å². The van der Waals surface area contributed by atoms with E-state index in [1.807, 2.05) is 54.6 Å². The van der Waals surface area contributed by atoms with E-state index in [0.717, 1.165) is 38.2 Å². The highest BCUT2D eigenvalue weighted by molar-refractivity contribution is 8.11. The van der Waals surface area contributed by atoms with Gasteiger partial charge in [0.25, 0.3) is 0 Å². The van der Waals surface area contributed by atoms with E-state index in [9.17, 15) is 18.3 Å². The van der Waals surface area contributed by atoms with E-state index in [4.69, 9.17) is 25.8 Å². The summed E-state index contributed by atoms with van der Waals surface area (Å²) < 4.78 is 48.7. The lowest BCUT2D eigenvalue weighted by Crippen LogP contribution is -2.28. The van der Waals surface area contributed by atoms with Crippen molar-refractivity contribution in [1.82, 2.24) is 9.29 Å². The fraction of sp³-hybridized carbons (Fsp3) is 0.195. The molecule has 0 spiro atoms. The number of nitrogens with zero attached hydrogens (tertiary/aromatic N) is 1. The highest BCUT2D eigenvalue weighted by Crippen LogP contribution is 2.38. The molecule has 0 aliphatic carbocycles. The zero-order chi connectivity index (χ0) is 37.4. The van der Waals surface area contributed by atoms with Crippen molar-refractivity contribution in [3.05, 3.63) is 154 Å². The molecule has 9 nitrogen and oxygen atoms in total. The molecule has 0 atom stereocenters. The van der Waals surface area contributed by atoms with Crippen LogP contribution >= 0.6 is 23.4 Å². The number of rotatable bonds is 17. The first-order chi connectivity index (χ1) is 25.7. The number of hydrogen-bond donors (Lipinski definition) is 2. The summed E-state index contributed by atoms with van der Waals surface area (Å²) in [5.41, 5.74) is 5.20. The normalized spacial score (nSPS) is 11.5. The molecule has 1 aromatic heterocycles. The smallest absolute Gasteiger partial charge is 0.335 e. The lowest BCUT2D eigenvalue weighted by atomic mass is 9.97. The van der Waals surface area contributed by atoms with Gasteiger partial charge in [-0.1, -0.05) is 72.3 Å². The molecule has 6 aromatic rings. The zero-order valence-corrected chi connectivity index (χ0v) is 31.6. The van der Waals surface area contributed by atoms with Crippen molar-refractivity contribution in [1.29, 1.82) is 0 Å². The molecule has 0 amide bonds. The molecule has 274 valence electrons. The van der Waals surface area contributed by atoms with Crippen LogP contribution in [0, 0.1) is 0 Å². The maximum atomic E-state index is 13.4. The van der Waals surface area contributed by atoms with Crippen LogP contribution in [-0.2, 0) is 22.9 Å². The molecule has 0 aliphatic heterocycles. The number of aromatic carboxylic acids is 1. The largest absolute Gasteiger partial charge is 0.493 e. The number of halogens is 1. The van der Waals surface area contributed by atoms with Crippen LogP contribution in [0.5, 0.6) is 17.2 Å². The van der Waals surface area contributed by atoms with Crippen LogP contribution in [0.25, 0.3) is 10.9 Å². The van der Waals surface area contributed by atoms with Crippen molar-refractivity contribution in [3.8, 4) is 17.2 Å². The van der Waals surface area contributed by atoms with E-state index in [2.05, 4.69) is 33.6 Å². The summed E-state index contributed by atoms with van der Waals surface area (Å²) in [5, 5.41) is 10.6. The van der Waals surface area contributed by atoms with Crippen molar-refractivity contribution in [2.45, 2.75) is 23.8 Å². The van der Waals surface area contributed by atoms with Gasteiger partial charge in [-0.3, -0.25) is 0 Å². The number of hydrogen-bond acceptors (Lipinski definition) is 7. The van der Waals surface area contributed by atoms with Crippen LogP contribution in [0.3, 0.4) is 0 Å². The number of thioether (sulfide) groups is 1. The van der Waals surface area contributed by atoms with Gasteiger partial charge in [0.2, 0.25) is 10.0 Å². The van der Waals surface area contributed by atoms with Gasteiger partial charge in [0.15, 0.2) is 11.5 Å². The average molecular weight is 771 g/mol. The standard InChI is InChI=1S/C41H39ClN2O7S2/c1-49-38-20-18-33(26-39(38)50-2)52-27-53(47,48)43-23-21-37-34(22-24-51-32-16-13-30(14-17-32)41(45)46)35-25-31(42)15-19-36(35)44(37)40(28-9-5-3-6-10-28)29-11-7-4-8-12-29/h3-20,25-26,40,43H,21-24,27H2,1-2H3,(H,45,46). The number of methoxy groups -OCH3 is 2. The van der Waals surface area contributed by atoms with Crippen molar-refractivity contribution in [3.63, 3.8) is 0 Å². The minimum absolute atomic E-state index is 0.152. The van der Waals surface area contributed by atoms with E-state index in [1.54, 1.807) is 37.4 Å². The summed E-state index contributed by atoms with van der Waals surface area (Å²) in [6, 6.07) is 37.6. The van der Waals surface area contributed by atoms with Gasteiger partial charge in [0.05, 0.1) is 32.4 Å². The van der Waals surface area contributed by atoms with Crippen LogP contribution in [0.4, 0.5) is 0 Å². The predicted molar refractivity (Wildman–Crippen MR) is 211 cm³/mol. The Hall–Kier alpha value is -4.94. The first kappa shape index (κ1) is 37.8. The Kier molecular flexibility index (Phi) is 12.3. The first-order valence-corrected chi connectivity index (χ1v) is 19.9. The van der Waals surface area contributed by atoms with E-state index >= 15 is 0 Å². The van der Waals surface area contributed by atoms with Gasteiger partial charge >= 0.3 is 5.97 Å². The van der Waals surface area contributed by atoms with Crippen LogP contribution < -0.4 is 18.9 Å². The summed E-state index contributed by atoms with van der Waals surface area (Å²) in [6.07, 6.45) is 0.865. The van der Waals surface area contributed by atoms with Crippen LogP contribution in [-0.4, -0.2) is 56.5 Å². The molecule has 12 heteroatoms. The van der Waals surface area contributed by atoms with Gasteiger partial charge in [-0.15, -0.1) is 11.8 Å². The van der Waals surface area contributed by atoms with Gasteiger partial charge in [-0.2, -0.15) is 0 Å². The molecule has 0 saturated heterocycles. The van der Waals surface area contributed by atoms with Crippen LogP contribution in [0.15, 0.2) is 126 Å². The fourth-order valence-electron chi connectivity index (χ4n) is 6.40. The van der Waals surface area contributed by atoms with Crippen LogP contribution in [0.2, 0.25) is 5.02 Å². The third-order valence-electron chi connectivity index (χ3n) is 8.81. The SMILES string of the molecule is COc1ccc(SCS(=O)(=O)NCCc2c(CCOc3ccc(C(=O)O)cc3)c3cc(Cl)ccc3n2C(c2ccccc2)c2ccccc2)cc1OC. The second-order valence-electron chi connectivity index (χ2n) is 12.1. The highest BCUT2D eigenvalue weighted by atomic mass is 35.5. The van der Waals surface area contributed by atoms with Gasteiger partial charge in [-0.25, -0.2) is 17.9 Å². The minimum Gasteiger partial charge on any atom is -0.493 e. The van der Waals surface area contributed by atoms with Crippen molar-refractivity contribution >= 4 is 50.3 Å². The number of benzene rings is 5. The molecular weight excluding hydrogens is 732 g/mol. The number of nitrogens with one attached hydrogen (secondary N) is 1. The molecule has 0 bridgehead atoms. The molecular formula is C41H39ClN2O7S2. The Bertz CT molecular complexity index is 2240. The topological polar surface area (TPSA) is 116 Å². The second kappa shape index (κ2) is 17.3. The molecule has 5 aromatic carbocycles. The van der Waals surface area contributed by atoms with Gasteiger partial charge in [-0.05, 0) is 77.4 Å². The molecule has 0 fully saturated rings. The highest BCUT2D eigenvalue weighted by Gasteiger charge is 2.26. The lowest BCUT2D eigenvalue weighted by Gasteiger charge is -2.25. The van der Waals surface area contributed by atoms with Gasteiger partial charge < -0.3 is 23.9 Å². The van der Waals surface area contributed by atoms with Crippen molar-refractivity contribution in [2.75, 3.05) is 32.5 Å². The monoisotopic (exact) mass is 770 g/mol. The predicted octanol–water partition coefficient (Wildman–Crippen LogP) is 8.48. The van der Waals surface area contributed by atoms with Crippen molar-refractivity contribution < 1.29 is 32.5 Å². The number of aromatic nitrogens is 1. The summed E-state index contributed by atoms with van der Waals surface area (Å²) >= 11 is 7.81. The Morgan fingerprint density at radius 2 is 1.49 bits per heavy atom. The molecule has 0 saturated carbocycles. The lowest BCUT2D eigenvalue weighted by molar-refractivity contribution is 0.0696. The molecule has 0 unspecified atom stereocenters. The Morgan fingerprint density at radius 3 is 2.11 bits per heavy atom. The molecule has 2 N–H and O–H groups in total. The quantitative estimate of drug-likeness (QED) is 0.0888. The summed E-state index contributed by atoms with van der Waals surface area (Å²) in [7, 11) is -0.602. The summed E-state index contributed by atoms with van der Waals surface area (Å²) in [4.78, 5) is 12.1. The first-order valence-electron chi connectivity index (χ1n) is 16.9. The Morgan fingerprint density at radius 1 is 0.830 bits per heavy atom. The summed E-state index contributed by atoms with van der Waals surface area (Å²) in [6.45, 7) is 0.444. The number of fused-ring (bicyclic) bond motifs is 1. The maximum absolute atomic E-state index is 13.4. The minimum atomic E-state index is -3.69. The van der Waals surface area contributed by atoms with E-state index in [-0.39, 0.29) is 23.2 Å². The number of ether oxygens (including phenoxy) is 3. The Labute approximate surface area is 318 Å². The molecule has 0 radical (unpaired) electrons. The Balaban J connectivity index is 1.34. The van der Waals surface area contributed by atoms with Crippen LogP contribution in [0.1, 0.15) is 38.8 Å². The second-order valence-corrected chi connectivity index (χ2v) is 15.8. The van der Waals surface area contributed by atoms with Gasteiger partial charge in [0.1, 0.15) is 10.8 Å². The average Bonchev–Trinajstić information content (AvgIpc) is 3.46. The van der Waals surface area contributed by atoms with Crippen molar-refractivity contribution in [2.24, 2.45) is 0 Å². The molecule has 53 heavy (non-hydrogen) atoms. The maximum Gasteiger partial charge on any atom is 0.335 e. The molecule has 0 aliphatic rings. The number of carbonyl (C=O) groups is 1. The number of sulfonamides is 1. The molecule has 6 rings (SSSR count). The zero-order valence-electron chi connectivity index (χ0n) is 29.2. The molecule has 1 heterocycles. The summed E-state index contributed by atoms with van der Waals surface area (Å²) in [5.74, 6) is 0.629. The number of carboxylic acids is 1. The van der Waals surface area contributed by atoms with E-state index in [0.29, 0.717) is 41.7 Å². The third kappa shape index (κ3) is 9.17. The van der Waals surface area contributed by atoms with E-state index < -0.39 is 16.0 Å². The fourth-order valence-corrected chi connectivity index (χ4v) is 8.83. The third-order valence-corrected chi connectivity index (χ3v) is 12.0.